The molecule has 1 amide bonds. The number of anilines is 1. The Hall–Kier alpha value is -2.90. The zero-order valence-electron chi connectivity index (χ0n) is 18.5. The Morgan fingerprint density at radius 3 is 2.53 bits per heavy atom. The summed E-state index contributed by atoms with van der Waals surface area (Å²) >= 11 is 0. The minimum absolute atomic E-state index is 0.160. The molecule has 8 nitrogen and oxygen atoms in total. The standard InChI is InChI=1S/C24H28N4O4/c1-13-17(18-9-25-22-21(20(18)23(30)31-2)32-11-19(29)27-22)10-26-28(13)12-24-6-14-3-15(7-24)5-16(4-14)8-24/h9-10,14-16H,3-8,11-12H2,1-2H3,(H,25,27,29). The van der Waals surface area contributed by atoms with Crippen molar-refractivity contribution >= 4 is 17.7 Å². The first-order valence-corrected chi connectivity index (χ1v) is 11.5. The number of fused-ring (bicyclic) bond motifs is 1. The number of aromatic nitrogens is 3. The summed E-state index contributed by atoms with van der Waals surface area (Å²) in [7, 11) is 1.34. The van der Waals surface area contributed by atoms with Gasteiger partial charge in [-0.2, -0.15) is 5.10 Å². The highest BCUT2D eigenvalue weighted by atomic mass is 16.5. The molecule has 0 aromatic carbocycles. The van der Waals surface area contributed by atoms with E-state index >= 15 is 0 Å². The SMILES string of the molecule is COC(=O)c1c(-c2cnn(CC34CC5CC(CC(C5)C3)C4)c2C)cnc2c1OCC(=O)N2. The smallest absolute Gasteiger partial charge is 0.342 e. The molecule has 8 heteroatoms. The second kappa shape index (κ2) is 7.05. The summed E-state index contributed by atoms with van der Waals surface area (Å²) in [5.41, 5.74) is 3.09. The number of methoxy groups -OCH3 is 1. The van der Waals surface area contributed by atoms with Crippen LogP contribution in [0.2, 0.25) is 0 Å². The molecule has 2 aromatic heterocycles. The first kappa shape index (κ1) is 19.8. The fourth-order valence-corrected chi connectivity index (χ4v) is 7.21. The van der Waals surface area contributed by atoms with Crippen molar-refractivity contribution in [3.8, 4) is 16.9 Å². The Morgan fingerprint density at radius 2 is 1.88 bits per heavy atom. The van der Waals surface area contributed by atoms with Crippen LogP contribution in [-0.2, 0) is 16.1 Å². The molecule has 4 aliphatic carbocycles. The number of ether oxygens (including phenoxy) is 2. The second-order valence-corrected chi connectivity index (χ2v) is 10.3. The Bertz CT molecular complexity index is 1090. The number of carbonyl (C=O) groups excluding carboxylic acids is 2. The van der Waals surface area contributed by atoms with E-state index in [1.54, 1.807) is 6.20 Å². The third-order valence-electron chi connectivity index (χ3n) is 8.07. The van der Waals surface area contributed by atoms with Gasteiger partial charge in [0.2, 0.25) is 0 Å². The molecule has 168 valence electrons. The van der Waals surface area contributed by atoms with E-state index in [0.717, 1.165) is 35.6 Å². The van der Waals surface area contributed by atoms with Crippen molar-refractivity contribution in [3.63, 3.8) is 0 Å². The van der Waals surface area contributed by atoms with Crippen LogP contribution in [-0.4, -0.2) is 40.4 Å². The molecule has 3 heterocycles. The molecule has 0 saturated heterocycles. The van der Waals surface area contributed by atoms with Gasteiger partial charge in [-0.1, -0.05) is 0 Å². The lowest BCUT2D eigenvalue weighted by molar-refractivity contribution is -0.118. The van der Waals surface area contributed by atoms with Gasteiger partial charge in [0, 0.05) is 29.6 Å². The average Bonchev–Trinajstić information content (AvgIpc) is 3.10. The number of hydrogen-bond acceptors (Lipinski definition) is 6. The third kappa shape index (κ3) is 3.03. The normalized spacial score (nSPS) is 29.9. The van der Waals surface area contributed by atoms with Crippen molar-refractivity contribution < 1.29 is 19.1 Å². The van der Waals surface area contributed by atoms with E-state index in [9.17, 15) is 9.59 Å². The number of nitrogens with one attached hydrogen (secondary N) is 1. The average molecular weight is 437 g/mol. The molecule has 4 bridgehead atoms. The van der Waals surface area contributed by atoms with Crippen LogP contribution < -0.4 is 10.1 Å². The molecule has 0 atom stereocenters. The van der Waals surface area contributed by atoms with E-state index in [-0.39, 0.29) is 29.6 Å². The number of pyridine rings is 1. The molecular formula is C24H28N4O4. The van der Waals surface area contributed by atoms with Crippen LogP contribution in [0.25, 0.3) is 11.1 Å². The first-order chi connectivity index (χ1) is 15.4. The molecule has 7 rings (SSSR count). The van der Waals surface area contributed by atoms with E-state index < -0.39 is 5.97 Å². The maximum atomic E-state index is 12.7. The highest BCUT2D eigenvalue weighted by Crippen LogP contribution is 2.60. The zero-order valence-corrected chi connectivity index (χ0v) is 18.5. The molecule has 4 fully saturated rings. The molecule has 4 saturated carbocycles. The van der Waals surface area contributed by atoms with Crippen LogP contribution in [0.3, 0.4) is 0 Å². The quantitative estimate of drug-likeness (QED) is 0.736. The Kier molecular flexibility index (Phi) is 4.35. The number of carbonyl (C=O) groups is 2. The van der Waals surface area contributed by atoms with Gasteiger partial charge in [0.05, 0.1) is 13.3 Å². The zero-order chi connectivity index (χ0) is 22.0. The maximum Gasteiger partial charge on any atom is 0.342 e. The van der Waals surface area contributed by atoms with Crippen molar-refractivity contribution in [1.82, 2.24) is 14.8 Å². The molecule has 32 heavy (non-hydrogen) atoms. The topological polar surface area (TPSA) is 95.3 Å². The number of nitrogens with zero attached hydrogens (tertiary/aromatic N) is 3. The lowest BCUT2D eigenvalue weighted by Crippen LogP contribution is -2.48. The van der Waals surface area contributed by atoms with Gasteiger partial charge in [-0.05, 0) is 68.6 Å². The van der Waals surface area contributed by atoms with Crippen LogP contribution in [0.15, 0.2) is 12.4 Å². The third-order valence-corrected chi connectivity index (χ3v) is 8.07. The van der Waals surface area contributed by atoms with Gasteiger partial charge in [0.15, 0.2) is 18.2 Å². The van der Waals surface area contributed by atoms with E-state index in [0.29, 0.717) is 11.0 Å². The summed E-state index contributed by atoms with van der Waals surface area (Å²) in [6.45, 7) is 2.82. The van der Waals surface area contributed by atoms with Crippen molar-refractivity contribution in [1.29, 1.82) is 0 Å². The molecule has 2 aromatic rings. The fourth-order valence-electron chi connectivity index (χ4n) is 7.21. The fraction of sp³-hybridized carbons (Fsp3) is 0.583. The molecule has 0 radical (unpaired) electrons. The summed E-state index contributed by atoms with van der Waals surface area (Å²) in [5.74, 6) is 2.33. The summed E-state index contributed by atoms with van der Waals surface area (Å²) < 4.78 is 12.7. The maximum absolute atomic E-state index is 12.7. The van der Waals surface area contributed by atoms with Crippen LogP contribution in [0.4, 0.5) is 5.82 Å². The van der Waals surface area contributed by atoms with Crippen molar-refractivity contribution in [2.24, 2.45) is 23.2 Å². The largest absolute Gasteiger partial charge is 0.479 e. The highest BCUT2D eigenvalue weighted by molar-refractivity contribution is 6.04. The summed E-state index contributed by atoms with van der Waals surface area (Å²) in [6.07, 6.45) is 11.6. The first-order valence-electron chi connectivity index (χ1n) is 11.5. The van der Waals surface area contributed by atoms with Crippen molar-refractivity contribution in [2.75, 3.05) is 19.0 Å². The molecule has 0 unspecified atom stereocenters. The Morgan fingerprint density at radius 1 is 1.19 bits per heavy atom. The van der Waals surface area contributed by atoms with Crippen LogP contribution in [0, 0.1) is 30.1 Å². The summed E-state index contributed by atoms with van der Waals surface area (Å²) in [4.78, 5) is 28.7. The van der Waals surface area contributed by atoms with Gasteiger partial charge in [0.1, 0.15) is 5.56 Å². The predicted octanol–water partition coefficient (Wildman–Crippen LogP) is 3.59. The van der Waals surface area contributed by atoms with E-state index in [1.165, 1.54) is 45.6 Å². The molecule has 0 spiro atoms. The lowest BCUT2D eigenvalue weighted by atomic mass is 9.49. The molecule has 1 aliphatic heterocycles. The molecule has 5 aliphatic rings. The number of rotatable bonds is 4. The Labute approximate surface area is 186 Å². The van der Waals surface area contributed by atoms with Gasteiger partial charge < -0.3 is 14.8 Å². The van der Waals surface area contributed by atoms with Gasteiger partial charge in [-0.15, -0.1) is 0 Å². The monoisotopic (exact) mass is 436 g/mol. The van der Waals surface area contributed by atoms with Crippen LogP contribution in [0.5, 0.6) is 5.75 Å². The van der Waals surface area contributed by atoms with Gasteiger partial charge in [0.25, 0.3) is 5.91 Å². The van der Waals surface area contributed by atoms with Gasteiger partial charge in [-0.25, -0.2) is 9.78 Å². The second-order valence-electron chi connectivity index (χ2n) is 10.3. The number of esters is 1. The minimum Gasteiger partial charge on any atom is -0.479 e. The molecule has 1 N–H and O–H groups in total. The number of hydrogen-bond donors (Lipinski definition) is 1. The van der Waals surface area contributed by atoms with Crippen molar-refractivity contribution in [2.45, 2.75) is 52.0 Å². The number of amides is 1. The van der Waals surface area contributed by atoms with Crippen LogP contribution in [0.1, 0.15) is 54.6 Å². The van der Waals surface area contributed by atoms with Crippen molar-refractivity contribution in [3.05, 3.63) is 23.7 Å². The minimum atomic E-state index is -0.525. The summed E-state index contributed by atoms with van der Waals surface area (Å²) in [6, 6.07) is 0. The van der Waals surface area contributed by atoms with E-state index in [1.807, 2.05) is 13.1 Å². The summed E-state index contributed by atoms with van der Waals surface area (Å²) in [5, 5.41) is 7.40. The lowest BCUT2D eigenvalue weighted by Gasteiger charge is -2.56. The van der Waals surface area contributed by atoms with E-state index in [4.69, 9.17) is 14.6 Å². The highest BCUT2D eigenvalue weighted by Gasteiger charge is 2.51. The van der Waals surface area contributed by atoms with Gasteiger partial charge >= 0.3 is 5.97 Å². The van der Waals surface area contributed by atoms with E-state index in [2.05, 4.69) is 15.0 Å². The van der Waals surface area contributed by atoms with Crippen LogP contribution >= 0.6 is 0 Å². The Balaban J connectivity index is 1.37. The van der Waals surface area contributed by atoms with Gasteiger partial charge in [-0.3, -0.25) is 9.48 Å². The predicted molar refractivity (Wildman–Crippen MR) is 116 cm³/mol. The molecular weight excluding hydrogens is 408 g/mol.